The van der Waals surface area contributed by atoms with Crippen LogP contribution in [-0.4, -0.2) is 40.2 Å². The van der Waals surface area contributed by atoms with E-state index in [1.54, 1.807) is 6.92 Å². The van der Waals surface area contributed by atoms with Crippen LogP contribution >= 0.6 is 0 Å². The third-order valence-corrected chi connectivity index (χ3v) is 4.14. The summed E-state index contributed by atoms with van der Waals surface area (Å²) in [4.78, 5) is 28.4. The minimum Gasteiger partial charge on any atom is -0.505 e. The lowest BCUT2D eigenvalue weighted by Gasteiger charge is -2.29. The van der Waals surface area contributed by atoms with E-state index in [9.17, 15) is 14.7 Å². The van der Waals surface area contributed by atoms with Crippen LogP contribution in [0.15, 0.2) is 48.7 Å². The van der Waals surface area contributed by atoms with Crippen molar-refractivity contribution in [2.45, 2.75) is 45.9 Å². The minimum absolute atomic E-state index is 0.0957. The molecule has 3 atom stereocenters. The number of hydrogen-bond donors (Lipinski definition) is 2. The van der Waals surface area contributed by atoms with Gasteiger partial charge in [-0.15, -0.1) is 0 Å². The molecular formula is C21H26N2O5. The van der Waals surface area contributed by atoms with Crippen LogP contribution in [0.5, 0.6) is 11.5 Å². The third-order valence-electron chi connectivity index (χ3n) is 4.14. The van der Waals surface area contributed by atoms with Gasteiger partial charge in [0, 0.05) is 6.20 Å². The maximum absolute atomic E-state index is 12.4. The lowest BCUT2D eigenvalue weighted by molar-refractivity contribution is -0.155. The Labute approximate surface area is 164 Å². The zero-order chi connectivity index (χ0) is 20.7. The van der Waals surface area contributed by atoms with Gasteiger partial charge in [0.2, 0.25) is 0 Å². The summed E-state index contributed by atoms with van der Waals surface area (Å²) in [5.41, 5.74) is -0.150. The highest BCUT2D eigenvalue weighted by atomic mass is 16.6. The zero-order valence-corrected chi connectivity index (χ0v) is 16.5. The average molecular weight is 386 g/mol. The van der Waals surface area contributed by atoms with Crippen molar-refractivity contribution in [1.82, 2.24) is 10.3 Å². The predicted octanol–water partition coefficient (Wildman–Crippen LogP) is 2.94. The third kappa shape index (κ3) is 5.70. The van der Waals surface area contributed by atoms with Crippen molar-refractivity contribution in [3.63, 3.8) is 0 Å². The van der Waals surface area contributed by atoms with Gasteiger partial charge >= 0.3 is 5.97 Å². The molecule has 1 aromatic carbocycles. The van der Waals surface area contributed by atoms with Crippen molar-refractivity contribution in [3.8, 4) is 11.5 Å². The quantitative estimate of drug-likeness (QED) is 0.677. The average Bonchev–Trinajstić information content (AvgIpc) is 2.66. The van der Waals surface area contributed by atoms with E-state index < -0.39 is 24.0 Å². The van der Waals surface area contributed by atoms with Crippen LogP contribution in [0.3, 0.4) is 0 Å². The number of esters is 1. The number of ether oxygens (including phenoxy) is 2. The molecular weight excluding hydrogens is 360 g/mol. The number of aromatic nitrogens is 1. The number of carbonyl (C=O) groups is 2. The molecule has 150 valence electrons. The first-order chi connectivity index (χ1) is 13.3. The number of hydrogen-bond acceptors (Lipinski definition) is 6. The number of para-hydroxylation sites is 1. The normalized spacial score (nSPS) is 14.0. The Kier molecular flexibility index (Phi) is 7.37. The number of carbonyl (C=O) groups excluding carboxylic acids is 2. The van der Waals surface area contributed by atoms with Crippen molar-refractivity contribution in [2.24, 2.45) is 5.92 Å². The fraction of sp³-hybridized carbons (Fsp3) is 0.381. The van der Waals surface area contributed by atoms with Crippen molar-refractivity contribution >= 4 is 11.9 Å². The molecule has 7 heteroatoms. The lowest BCUT2D eigenvalue weighted by atomic mass is 10.0. The van der Waals surface area contributed by atoms with Gasteiger partial charge in [-0.25, -0.2) is 9.78 Å². The first-order valence-electron chi connectivity index (χ1n) is 9.16. The Morgan fingerprint density at radius 3 is 2.32 bits per heavy atom. The smallest absolute Gasteiger partial charge is 0.328 e. The molecule has 1 aromatic heterocycles. The van der Waals surface area contributed by atoms with Crippen molar-refractivity contribution < 1.29 is 24.2 Å². The first kappa shape index (κ1) is 21.2. The summed E-state index contributed by atoms with van der Waals surface area (Å²) < 4.78 is 11.5. The second kappa shape index (κ2) is 9.73. The van der Waals surface area contributed by atoms with Gasteiger partial charge < -0.3 is 19.9 Å². The van der Waals surface area contributed by atoms with Crippen LogP contribution in [0, 0.1) is 5.92 Å². The van der Waals surface area contributed by atoms with Crippen LogP contribution in [0.25, 0.3) is 0 Å². The maximum atomic E-state index is 12.4. The Morgan fingerprint density at radius 1 is 1.04 bits per heavy atom. The second-order valence-corrected chi connectivity index (χ2v) is 6.85. The monoisotopic (exact) mass is 386 g/mol. The van der Waals surface area contributed by atoms with Gasteiger partial charge in [0.05, 0.1) is 0 Å². The Bertz CT molecular complexity index is 794. The summed E-state index contributed by atoms with van der Waals surface area (Å²) >= 11 is 0. The van der Waals surface area contributed by atoms with E-state index in [0.717, 1.165) is 0 Å². The van der Waals surface area contributed by atoms with Crippen LogP contribution in [0.4, 0.5) is 0 Å². The number of pyridine rings is 1. The summed E-state index contributed by atoms with van der Waals surface area (Å²) in [6.45, 7) is 7.22. The predicted molar refractivity (Wildman–Crippen MR) is 104 cm³/mol. The fourth-order valence-electron chi connectivity index (χ4n) is 2.68. The fourth-order valence-corrected chi connectivity index (χ4v) is 2.68. The van der Waals surface area contributed by atoms with E-state index >= 15 is 0 Å². The standard InChI is InChI=1S/C21H26N2O5/c1-13(2)19(28-16-9-6-5-7-10-16)15(4)27-21(26)14(3)23-20(25)18-17(24)11-8-12-22-18/h5-15,19,24H,1-4H3,(H,23,25)/t14-,15-,19+/m0/s1. The van der Waals surface area contributed by atoms with Crippen molar-refractivity contribution in [3.05, 3.63) is 54.4 Å². The highest BCUT2D eigenvalue weighted by Crippen LogP contribution is 2.20. The molecule has 7 nitrogen and oxygen atoms in total. The van der Waals surface area contributed by atoms with Gasteiger partial charge in [0.1, 0.15) is 29.7 Å². The highest BCUT2D eigenvalue weighted by Gasteiger charge is 2.29. The molecule has 0 bridgehead atoms. The maximum Gasteiger partial charge on any atom is 0.328 e. The van der Waals surface area contributed by atoms with Gasteiger partial charge in [0.25, 0.3) is 5.91 Å². The summed E-state index contributed by atoms with van der Waals surface area (Å²) in [6.07, 6.45) is 0.498. The molecule has 1 amide bonds. The van der Waals surface area contributed by atoms with Crippen molar-refractivity contribution in [1.29, 1.82) is 0 Å². The number of rotatable bonds is 8. The van der Waals surface area contributed by atoms with E-state index in [2.05, 4.69) is 10.3 Å². The van der Waals surface area contributed by atoms with Crippen LogP contribution in [0.2, 0.25) is 0 Å². The van der Waals surface area contributed by atoms with Crippen molar-refractivity contribution in [2.75, 3.05) is 0 Å². The molecule has 1 heterocycles. The number of nitrogens with zero attached hydrogens (tertiary/aromatic N) is 1. The van der Waals surface area contributed by atoms with E-state index in [-0.39, 0.29) is 23.5 Å². The summed E-state index contributed by atoms with van der Waals surface area (Å²) in [5.74, 6) is -0.728. The number of nitrogens with one attached hydrogen (secondary N) is 1. The van der Waals surface area contributed by atoms with Gasteiger partial charge in [-0.3, -0.25) is 4.79 Å². The van der Waals surface area contributed by atoms with Gasteiger partial charge in [-0.2, -0.15) is 0 Å². The lowest BCUT2D eigenvalue weighted by Crippen LogP contribution is -2.44. The first-order valence-corrected chi connectivity index (χ1v) is 9.16. The molecule has 0 unspecified atom stereocenters. The zero-order valence-electron chi connectivity index (χ0n) is 16.5. The van der Waals surface area contributed by atoms with Crippen LogP contribution in [-0.2, 0) is 9.53 Å². The summed E-state index contributed by atoms with van der Waals surface area (Å²) in [7, 11) is 0. The molecule has 0 aliphatic rings. The molecule has 0 aliphatic carbocycles. The number of benzene rings is 1. The molecule has 0 aliphatic heterocycles. The number of aromatic hydroxyl groups is 1. The van der Waals surface area contributed by atoms with E-state index in [1.165, 1.54) is 25.3 Å². The summed E-state index contributed by atoms with van der Waals surface area (Å²) in [5, 5.41) is 12.2. The molecule has 2 rings (SSSR count). The molecule has 0 radical (unpaired) electrons. The minimum atomic E-state index is -0.916. The molecule has 2 aromatic rings. The molecule has 0 saturated heterocycles. The molecule has 0 fully saturated rings. The van der Waals surface area contributed by atoms with Gasteiger partial charge in [-0.1, -0.05) is 32.0 Å². The summed E-state index contributed by atoms with van der Waals surface area (Å²) in [6, 6.07) is 11.2. The van der Waals surface area contributed by atoms with Crippen LogP contribution < -0.4 is 10.1 Å². The molecule has 2 N–H and O–H groups in total. The molecule has 0 saturated carbocycles. The van der Waals surface area contributed by atoms with E-state index in [4.69, 9.17) is 9.47 Å². The Balaban J connectivity index is 1.97. The molecule has 0 spiro atoms. The van der Waals surface area contributed by atoms with E-state index in [0.29, 0.717) is 5.75 Å². The Morgan fingerprint density at radius 2 is 1.71 bits per heavy atom. The van der Waals surface area contributed by atoms with Crippen LogP contribution in [0.1, 0.15) is 38.2 Å². The number of amides is 1. The van der Waals surface area contributed by atoms with Gasteiger partial charge in [-0.05, 0) is 44.0 Å². The largest absolute Gasteiger partial charge is 0.505 e. The Hall–Kier alpha value is -3.09. The second-order valence-electron chi connectivity index (χ2n) is 6.85. The highest BCUT2D eigenvalue weighted by molar-refractivity contribution is 5.97. The topological polar surface area (TPSA) is 97.8 Å². The van der Waals surface area contributed by atoms with Gasteiger partial charge in [0.15, 0.2) is 5.69 Å². The molecule has 28 heavy (non-hydrogen) atoms. The SMILES string of the molecule is CC(C)[C@@H](Oc1ccccc1)[C@H](C)OC(=O)[C@H](C)NC(=O)c1ncccc1O. The van der Waals surface area contributed by atoms with E-state index in [1.807, 2.05) is 44.2 Å².